The maximum Gasteiger partial charge on any atom is 0.405 e. The second-order valence-electron chi connectivity index (χ2n) is 7.39. The fraction of sp³-hybridized carbons (Fsp3) is 0.800. The maximum atomic E-state index is 13.6. The first-order chi connectivity index (χ1) is 13.1. The van der Waals surface area contributed by atoms with Crippen molar-refractivity contribution < 1.29 is 59.1 Å². The summed E-state index contributed by atoms with van der Waals surface area (Å²) in [5.41, 5.74) is 0. The van der Waals surface area contributed by atoms with Gasteiger partial charge in [-0.25, -0.2) is 4.79 Å². The number of hydrogen-bond donors (Lipinski definition) is 1. The van der Waals surface area contributed by atoms with E-state index in [4.69, 9.17) is 14.0 Å². The SMILES string of the molecule is CC(OC(=O)C1C2CC3C(OC(=O)C31)C2OC(=O)C(C)(F)F)C(F)(F)S(=O)(=O)O. The first-order valence-corrected chi connectivity index (χ1v) is 9.86. The van der Waals surface area contributed by atoms with Gasteiger partial charge in [0.25, 0.3) is 0 Å². The first-order valence-electron chi connectivity index (χ1n) is 8.42. The summed E-state index contributed by atoms with van der Waals surface area (Å²) in [6, 6.07) is 0. The van der Waals surface area contributed by atoms with Gasteiger partial charge < -0.3 is 14.2 Å². The molecule has 0 amide bonds. The van der Waals surface area contributed by atoms with Crippen molar-refractivity contribution in [2.24, 2.45) is 23.7 Å². The van der Waals surface area contributed by atoms with Crippen LogP contribution in [0.1, 0.15) is 20.3 Å². The van der Waals surface area contributed by atoms with Gasteiger partial charge in [0.2, 0.25) is 0 Å². The molecule has 14 heteroatoms. The summed E-state index contributed by atoms with van der Waals surface area (Å²) in [6.45, 7) is 0.806. The zero-order valence-electron chi connectivity index (χ0n) is 14.9. The second kappa shape index (κ2) is 6.52. The van der Waals surface area contributed by atoms with Gasteiger partial charge in [0.05, 0.1) is 11.8 Å². The zero-order chi connectivity index (χ0) is 22.1. The molecule has 7 atom stereocenters. The van der Waals surface area contributed by atoms with E-state index in [0.717, 1.165) is 0 Å². The third-order valence-corrected chi connectivity index (χ3v) is 6.55. The lowest BCUT2D eigenvalue weighted by Gasteiger charge is -2.31. The Morgan fingerprint density at radius 2 is 1.83 bits per heavy atom. The summed E-state index contributed by atoms with van der Waals surface area (Å²) in [5.74, 6) is -12.4. The van der Waals surface area contributed by atoms with E-state index >= 15 is 0 Å². The van der Waals surface area contributed by atoms with E-state index in [1.807, 2.05) is 0 Å². The van der Waals surface area contributed by atoms with Crippen molar-refractivity contribution in [1.82, 2.24) is 0 Å². The number of alkyl halides is 4. The standard InChI is InChI=1S/C15H16F4O9S/c1-4(15(18,19)29(23,24)25)26-11(20)7-6-3-5-8(7)12(21)27-9(5)10(6)28-13(22)14(2,16)17/h4-10H,3H2,1-2H3,(H,23,24,25). The Labute approximate surface area is 161 Å². The molecule has 1 N–H and O–H groups in total. The molecule has 0 spiro atoms. The highest BCUT2D eigenvalue weighted by Crippen LogP contribution is 2.59. The van der Waals surface area contributed by atoms with Gasteiger partial charge in [-0.1, -0.05) is 0 Å². The van der Waals surface area contributed by atoms with Crippen molar-refractivity contribution in [3.8, 4) is 0 Å². The number of carbonyl (C=O) groups is 3. The predicted molar refractivity (Wildman–Crippen MR) is 81.0 cm³/mol. The molecule has 2 aliphatic carbocycles. The highest BCUT2D eigenvalue weighted by molar-refractivity contribution is 7.86. The lowest BCUT2D eigenvalue weighted by molar-refractivity contribution is -0.187. The molecule has 1 saturated heterocycles. The molecule has 3 aliphatic rings. The molecule has 1 heterocycles. The van der Waals surface area contributed by atoms with Crippen LogP contribution in [0.5, 0.6) is 0 Å². The summed E-state index contributed by atoms with van der Waals surface area (Å²) >= 11 is 0. The van der Waals surface area contributed by atoms with Gasteiger partial charge in [0.15, 0.2) is 6.10 Å². The molecule has 9 nitrogen and oxygen atoms in total. The largest absolute Gasteiger partial charge is 0.458 e. The van der Waals surface area contributed by atoms with E-state index in [1.54, 1.807) is 0 Å². The number of carbonyl (C=O) groups excluding carboxylic acids is 3. The Morgan fingerprint density at radius 1 is 1.24 bits per heavy atom. The quantitative estimate of drug-likeness (QED) is 0.271. The molecule has 0 aromatic rings. The Bertz CT molecular complexity index is 852. The molecule has 7 unspecified atom stereocenters. The number of esters is 3. The number of rotatable bonds is 6. The van der Waals surface area contributed by atoms with Gasteiger partial charge in [-0.15, -0.1) is 0 Å². The normalized spacial score (nSPS) is 34.7. The van der Waals surface area contributed by atoms with Crippen LogP contribution in [-0.2, 0) is 38.7 Å². The summed E-state index contributed by atoms with van der Waals surface area (Å²) in [6.07, 6.45) is -5.02. The Balaban J connectivity index is 1.82. The van der Waals surface area contributed by atoms with Gasteiger partial charge >= 0.3 is 39.2 Å². The molecule has 29 heavy (non-hydrogen) atoms. The lowest BCUT2D eigenvalue weighted by atomic mass is 9.78. The van der Waals surface area contributed by atoms with Crippen LogP contribution in [0.4, 0.5) is 17.6 Å². The Morgan fingerprint density at radius 3 is 2.34 bits per heavy atom. The topological polar surface area (TPSA) is 133 Å². The fourth-order valence-corrected chi connectivity index (χ4v) is 4.69. The van der Waals surface area contributed by atoms with E-state index in [2.05, 4.69) is 4.74 Å². The molecule has 0 aromatic heterocycles. The minimum absolute atomic E-state index is 0.0527. The van der Waals surface area contributed by atoms with Crippen LogP contribution < -0.4 is 0 Å². The van der Waals surface area contributed by atoms with Crippen LogP contribution in [0, 0.1) is 23.7 Å². The first kappa shape index (κ1) is 21.7. The van der Waals surface area contributed by atoms with Crippen molar-refractivity contribution in [1.29, 1.82) is 0 Å². The van der Waals surface area contributed by atoms with Crippen LogP contribution in [0.25, 0.3) is 0 Å². The van der Waals surface area contributed by atoms with Gasteiger partial charge in [-0.3, -0.25) is 14.1 Å². The Kier molecular flexibility index (Phi) is 4.89. The van der Waals surface area contributed by atoms with Crippen molar-refractivity contribution in [2.75, 3.05) is 0 Å². The summed E-state index contributed by atoms with van der Waals surface area (Å²) in [5, 5.41) is -4.82. The van der Waals surface area contributed by atoms with E-state index in [9.17, 15) is 40.4 Å². The van der Waals surface area contributed by atoms with Gasteiger partial charge in [-0.2, -0.15) is 26.0 Å². The maximum absolute atomic E-state index is 13.6. The lowest BCUT2D eigenvalue weighted by Crippen LogP contribution is -2.48. The third kappa shape index (κ3) is 3.35. The van der Waals surface area contributed by atoms with E-state index in [-0.39, 0.29) is 13.3 Å². The number of fused-ring (bicyclic) bond motifs is 1. The zero-order valence-corrected chi connectivity index (χ0v) is 15.7. The van der Waals surface area contributed by atoms with Crippen LogP contribution in [0.2, 0.25) is 0 Å². The van der Waals surface area contributed by atoms with Gasteiger partial charge in [0, 0.05) is 18.8 Å². The monoisotopic (exact) mass is 448 g/mol. The van der Waals surface area contributed by atoms with Crippen molar-refractivity contribution in [3.63, 3.8) is 0 Å². The minimum atomic E-state index is -5.90. The van der Waals surface area contributed by atoms with Crippen molar-refractivity contribution >= 4 is 28.0 Å². The molecule has 3 rings (SSSR count). The van der Waals surface area contributed by atoms with E-state index in [0.29, 0.717) is 6.92 Å². The molecular formula is C15H16F4O9S. The minimum Gasteiger partial charge on any atom is -0.458 e. The Hall–Kier alpha value is -1.96. The second-order valence-corrected chi connectivity index (χ2v) is 8.89. The number of ether oxygens (including phenoxy) is 3. The summed E-state index contributed by atoms with van der Waals surface area (Å²) in [4.78, 5) is 36.1. The van der Waals surface area contributed by atoms with Crippen molar-refractivity contribution in [2.45, 2.75) is 49.8 Å². The highest BCUT2D eigenvalue weighted by Gasteiger charge is 2.71. The number of hydrogen-bond acceptors (Lipinski definition) is 8. The number of halogens is 4. The van der Waals surface area contributed by atoms with E-state index in [1.165, 1.54) is 0 Å². The molecule has 3 fully saturated rings. The molecule has 164 valence electrons. The van der Waals surface area contributed by atoms with Crippen LogP contribution in [0.15, 0.2) is 0 Å². The molecule has 0 radical (unpaired) electrons. The van der Waals surface area contributed by atoms with Gasteiger partial charge in [-0.05, 0) is 13.3 Å². The predicted octanol–water partition coefficient (Wildman–Crippen LogP) is 0.773. The van der Waals surface area contributed by atoms with Crippen LogP contribution in [-0.4, -0.2) is 60.4 Å². The summed E-state index contributed by atoms with van der Waals surface area (Å²) < 4.78 is 98.0. The highest BCUT2D eigenvalue weighted by atomic mass is 32.2. The molecule has 2 bridgehead atoms. The third-order valence-electron chi connectivity index (χ3n) is 5.53. The van der Waals surface area contributed by atoms with Gasteiger partial charge in [0.1, 0.15) is 12.2 Å². The van der Waals surface area contributed by atoms with Crippen molar-refractivity contribution in [3.05, 3.63) is 0 Å². The molecule has 2 saturated carbocycles. The van der Waals surface area contributed by atoms with Crippen LogP contribution in [0.3, 0.4) is 0 Å². The fourth-order valence-electron chi connectivity index (χ4n) is 4.23. The smallest absolute Gasteiger partial charge is 0.405 e. The molecule has 0 aromatic carbocycles. The average Bonchev–Trinajstić information content (AvgIpc) is 3.15. The van der Waals surface area contributed by atoms with E-state index < -0.39 is 81.2 Å². The molecule has 1 aliphatic heterocycles. The average molecular weight is 448 g/mol. The molecular weight excluding hydrogens is 432 g/mol. The summed E-state index contributed by atoms with van der Waals surface area (Å²) in [7, 11) is -5.90. The van der Waals surface area contributed by atoms with Crippen LogP contribution >= 0.6 is 0 Å².